The molecule has 0 aromatic carbocycles. The van der Waals surface area contributed by atoms with E-state index >= 15 is 0 Å². The molecule has 1 fully saturated rings. The van der Waals surface area contributed by atoms with Gasteiger partial charge in [0.1, 0.15) is 0 Å². The molecule has 0 aromatic rings. The van der Waals surface area contributed by atoms with Crippen LogP contribution in [0.5, 0.6) is 0 Å². The Kier molecular flexibility index (Phi) is 3.58. The molecule has 1 aliphatic heterocycles. The van der Waals surface area contributed by atoms with Crippen molar-refractivity contribution in [2.75, 3.05) is 13.1 Å². The van der Waals surface area contributed by atoms with Crippen molar-refractivity contribution in [2.45, 2.75) is 39.7 Å². The summed E-state index contributed by atoms with van der Waals surface area (Å²) in [4.78, 5) is 13.4. The Bertz CT molecular complexity index is 172. The molecule has 0 aliphatic carbocycles. The number of urea groups is 1. The Labute approximate surface area is 80.5 Å². The van der Waals surface area contributed by atoms with Crippen LogP contribution in [0.25, 0.3) is 0 Å². The third-order valence-corrected chi connectivity index (χ3v) is 2.48. The van der Waals surface area contributed by atoms with Crippen LogP contribution < -0.4 is 5.32 Å². The molecule has 1 N–H and O–H groups in total. The lowest BCUT2D eigenvalue weighted by molar-refractivity contribution is 0.172. The van der Waals surface area contributed by atoms with Crippen molar-refractivity contribution in [3.8, 4) is 0 Å². The zero-order chi connectivity index (χ0) is 9.84. The lowest BCUT2D eigenvalue weighted by Crippen LogP contribution is -2.46. The SMILES string of the molecule is CC1CCN(C(=O)NC(C)C)CC1. The minimum absolute atomic E-state index is 0.0990. The molecule has 0 saturated carbocycles. The van der Waals surface area contributed by atoms with Gasteiger partial charge in [-0.2, -0.15) is 0 Å². The number of hydrogen-bond acceptors (Lipinski definition) is 1. The normalized spacial score (nSPS) is 19.2. The number of nitrogens with zero attached hydrogens (tertiary/aromatic N) is 1. The minimum atomic E-state index is 0.0990. The molecule has 0 atom stereocenters. The summed E-state index contributed by atoms with van der Waals surface area (Å²) in [5.41, 5.74) is 0. The molecule has 0 unspecified atom stereocenters. The number of rotatable bonds is 1. The van der Waals surface area contributed by atoms with Crippen LogP contribution in [0.15, 0.2) is 0 Å². The fourth-order valence-corrected chi connectivity index (χ4v) is 1.55. The second kappa shape index (κ2) is 4.49. The van der Waals surface area contributed by atoms with Gasteiger partial charge in [0, 0.05) is 19.1 Å². The number of hydrogen-bond donors (Lipinski definition) is 1. The molecule has 1 aliphatic rings. The maximum Gasteiger partial charge on any atom is 0.317 e. The summed E-state index contributed by atoms with van der Waals surface area (Å²) < 4.78 is 0. The standard InChI is InChI=1S/C10H20N2O/c1-8(2)11-10(13)12-6-4-9(3)5-7-12/h8-9H,4-7H2,1-3H3,(H,11,13). The molecule has 76 valence electrons. The first-order valence-corrected chi connectivity index (χ1v) is 5.15. The highest BCUT2D eigenvalue weighted by atomic mass is 16.2. The van der Waals surface area contributed by atoms with E-state index in [0.29, 0.717) is 0 Å². The van der Waals surface area contributed by atoms with E-state index in [2.05, 4.69) is 12.2 Å². The third-order valence-electron chi connectivity index (χ3n) is 2.48. The van der Waals surface area contributed by atoms with E-state index in [4.69, 9.17) is 0 Å². The van der Waals surface area contributed by atoms with Crippen LogP contribution in [0.4, 0.5) is 4.79 Å². The highest BCUT2D eigenvalue weighted by molar-refractivity contribution is 5.74. The van der Waals surface area contributed by atoms with Gasteiger partial charge in [0.25, 0.3) is 0 Å². The first-order valence-electron chi connectivity index (χ1n) is 5.15. The Hall–Kier alpha value is -0.730. The molecule has 1 saturated heterocycles. The molecule has 3 nitrogen and oxygen atoms in total. The van der Waals surface area contributed by atoms with Crippen LogP contribution in [0.3, 0.4) is 0 Å². The molecule has 0 bridgehead atoms. The molecule has 13 heavy (non-hydrogen) atoms. The van der Waals surface area contributed by atoms with Gasteiger partial charge in [-0.15, -0.1) is 0 Å². The fourth-order valence-electron chi connectivity index (χ4n) is 1.55. The quantitative estimate of drug-likeness (QED) is 0.662. The summed E-state index contributed by atoms with van der Waals surface area (Å²) in [6, 6.07) is 0.341. The summed E-state index contributed by atoms with van der Waals surface area (Å²) in [6.45, 7) is 8.06. The van der Waals surface area contributed by atoms with Crippen molar-refractivity contribution in [1.29, 1.82) is 0 Å². The first kappa shape index (κ1) is 10.4. The average molecular weight is 184 g/mol. The summed E-state index contributed by atoms with van der Waals surface area (Å²) in [7, 11) is 0. The number of likely N-dealkylation sites (tertiary alicyclic amines) is 1. The summed E-state index contributed by atoms with van der Waals surface area (Å²) in [5.74, 6) is 0.781. The second-order valence-electron chi connectivity index (χ2n) is 4.27. The Morgan fingerprint density at radius 3 is 2.38 bits per heavy atom. The molecule has 1 heterocycles. The van der Waals surface area contributed by atoms with Crippen molar-refractivity contribution < 1.29 is 4.79 Å². The summed E-state index contributed by atoms with van der Waals surface area (Å²) >= 11 is 0. The van der Waals surface area contributed by atoms with E-state index < -0.39 is 0 Å². The highest BCUT2D eigenvalue weighted by Gasteiger charge is 2.19. The predicted molar refractivity (Wildman–Crippen MR) is 53.6 cm³/mol. The molecule has 2 amide bonds. The van der Waals surface area contributed by atoms with E-state index in [1.165, 1.54) is 0 Å². The van der Waals surface area contributed by atoms with Crippen molar-refractivity contribution >= 4 is 6.03 Å². The van der Waals surface area contributed by atoms with Crippen LogP contribution in [-0.2, 0) is 0 Å². The maximum absolute atomic E-state index is 11.5. The number of carbonyl (C=O) groups is 1. The summed E-state index contributed by atoms with van der Waals surface area (Å²) in [6.07, 6.45) is 2.29. The van der Waals surface area contributed by atoms with Crippen LogP contribution >= 0.6 is 0 Å². The minimum Gasteiger partial charge on any atom is -0.336 e. The van der Waals surface area contributed by atoms with Crippen LogP contribution in [0, 0.1) is 5.92 Å². The van der Waals surface area contributed by atoms with Gasteiger partial charge in [-0.25, -0.2) is 4.79 Å². The van der Waals surface area contributed by atoms with Crippen molar-refractivity contribution in [1.82, 2.24) is 10.2 Å². The maximum atomic E-state index is 11.5. The van der Waals surface area contributed by atoms with Gasteiger partial charge in [0.05, 0.1) is 0 Å². The molecular formula is C10H20N2O. The lowest BCUT2D eigenvalue weighted by Gasteiger charge is -2.30. The van der Waals surface area contributed by atoms with Gasteiger partial charge in [-0.1, -0.05) is 6.92 Å². The number of carbonyl (C=O) groups excluding carboxylic acids is 1. The Morgan fingerprint density at radius 2 is 1.92 bits per heavy atom. The van der Waals surface area contributed by atoms with Gasteiger partial charge >= 0.3 is 6.03 Å². The van der Waals surface area contributed by atoms with Gasteiger partial charge < -0.3 is 10.2 Å². The van der Waals surface area contributed by atoms with E-state index in [1.54, 1.807) is 0 Å². The second-order valence-corrected chi connectivity index (χ2v) is 4.27. The van der Waals surface area contributed by atoms with Crippen LogP contribution in [0.1, 0.15) is 33.6 Å². The zero-order valence-electron chi connectivity index (χ0n) is 8.84. The molecule has 0 aromatic heterocycles. The number of piperidine rings is 1. The van der Waals surface area contributed by atoms with Gasteiger partial charge in [0.15, 0.2) is 0 Å². The van der Waals surface area contributed by atoms with Gasteiger partial charge in [0.2, 0.25) is 0 Å². The first-order chi connectivity index (χ1) is 6.09. The Morgan fingerprint density at radius 1 is 1.38 bits per heavy atom. The lowest BCUT2D eigenvalue weighted by atomic mass is 10.00. The predicted octanol–water partition coefficient (Wildman–Crippen LogP) is 1.84. The van der Waals surface area contributed by atoms with E-state index in [0.717, 1.165) is 31.8 Å². The van der Waals surface area contributed by atoms with E-state index in [-0.39, 0.29) is 12.1 Å². The highest BCUT2D eigenvalue weighted by Crippen LogP contribution is 2.15. The molecular weight excluding hydrogens is 164 g/mol. The smallest absolute Gasteiger partial charge is 0.317 e. The monoisotopic (exact) mass is 184 g/mol. The topological polar surface area (TPSA) is 32.3 Å². The van der Waals surface area contributed by atoms with Gasteiger partial charge in [-0.3, -0.25) is 0 Å². The molecule has 1 rings (SSSR count). The van der Waals surface area contributed by atoms with Crippen LogP contribution in [0.2, 0.25) is 0 Å². The largest absolute Gasteiger partial charge is 0.336 e. The van der Waals surface area contributed by atoms with Crippen molar-refractivity contribution in [3.63, 3.8) is 0 Å². The van der Waals surface area contributed by atoms with Crippen molar-refractivity contribution in [2.24, 2.45) is 5.92 Å². The van der Waals surface area contributed by atoms with E-state index in [9.17, 15) is 4.79 Å². The van der Waals surface area contributed by atoms with E-state index in [1.807, 2.05) is 18.7 Å². The zero-order valence-corrected chi connectivity index (χ0v) is 8.84. The molecule has 3 heteroatoms. The summed E-state index contributed by atoms with van der Waals surface area (Å²) in [5, 5.41) is 2.91. The number of amides is 2. The number of nitrogens with one attached hydrogen (secondary N) is 1. The van der Waals surface area contributed by atoms with Crippen LogP contribution in [-0.4, -0.2) is 30.1 Å². The van der Waals surface area contributed by atoms with Gasteiger partial charge in [-0.05, 0) is 32.6 Å². The average Bonchev–Trinajstić information content (AvgIpc) is 2.04. The molecule has 0 spiro atoms. The van der Waals surface area contributed by atoms with Crippen molar-refractivity contribution in [3.05, 3.63) is 0 Å². The third kappa shape index (κ3) is 3.25. The molecule has 0 radical (unpaired) electrons. The fraction of sp³-hybridized carbons (Fsp3) is 0.900. The Balaban J connectivity index is 2.31.